The van der Waals surface area contributed by atoms with Gasteiger partial charge in [-0.05, 0) is 6.07 Å². The van der Waals surface area contributed by atoms with Crippen molar-refractivity contribution >= 4 is 11.7 Å². The fourth-order valence-corrected chi connectivity index (χ4v) is 3.31. The van der Waals surface area contributed by atoms with Gasteiger partial charge in [0.15, 0.2) is 23.3 Å². The zero-order valence-electron chi connectivity index (χ0n) is 16.1. The second-order valence-corrected chi connectivity index (χ2v) is 7.16. The fourth-order valence-electron chi connectivity index (χ4n) is 3.31. The van der Waals surface area contributed by atoms with Crippen LogP contribution >= 0.6 is 0 Å². The first-order chi connectivity index (χ1) is 15.1. The van der Waals surface area contributed by atoms with E-state index in [0.717, 1.165) is 6.20 Å². The average molecular weight is 458 g/mol. The second-order valence-electron chi connectivity index (χ2n) is 7.16. The van der Waals surface area contributed by atoms with Crippen molar-refractivity contribution in [2.45, 2.75) is 36.3 Å². The molecule has 2 aromatic heterocycles. The summed E-state index contributed by atoms with van der Waals surface area (Å²) in [6.45, 7) is -0.489. The zero-order valence-corrected chi connectivity index (χ0v) is 16.1. The number of rotatable bonds is 6. The summed E-state index contributed by atoms with van der Waals surface area (Å²) in [5.74, 6) is -1.06. The molecular formula is C17H17F3N6O6. The fraction of sp³-hybridized carbons (Fsp3) is 0.471. The molecule has 5 atom stereocenters. The number of hydrogen-bond donors (Lipinski definition) is 4. The minimum Gasteiger partial charge on any atom is -0.473 e. The van der Waals surface area contributed by atoms with Crippen LogP contribution in [-0.2, 0) is 15.7 Å². The van der Waals surface area contributed by atoms with E-state index in [1.54, 1.807) is 0 Å². The first-order valence-corrected chi connectivity index (χ1v) is 9.17. The van der Waals surface area contributed by atoms with Gasteiger partial charge in [0.2, 0.25) is 5.88 Å². The minimum atomic E-state index is -4.71. The van der Waals surface area contributed by atoms with Crippen molar-refractivity contribution in [1.29, 1.82) is 0 Å². The summed E-state index contributed by atoms with van der Waals surface area (Å²) in [5, 5.41) is 31.1. The molecule has 0 radical (unpaired) electrons. The summed E-state index contributed by atoms with van der Waals surface area (Å²) in [6, 6.07) is 1.48. The van der Waals surface area contributed by atoms with Crippen molar-refractivity contribution in [3.8, 4) is 5.88 Å². The Morgan fingerprint density at radius 3 is 2.75 bits per heavy atom. The lowest BCUT2D eigenvalue weighted by Crippen LogP contribution is -2.64. The van der Waals surface area contributed by atoms with Gasteiger partial charge in [0.1, 0.15) is 30.7 Å². The second kappa shape index (κ2) is 8.09. The highest BCUT2D eigenvalue weighted by Gasteiger charge is 2.60. The molecule has 2 bridgehead atoms. The van der Waals surface area contributed by atoms with E-state index in [4.69, 9.17) is 19.9 Å². The van der Waals surface area contributed by atoms with Crippen LogP contribution in [0.2, 0.25) is 0 Å². The number of fused-ring (bicyclic) bond motifs is 2. The van der Waals surface area contributed by atoms with Crippen LogP contribution in [0.3, 0.4) is 0 Å². The number of nitrogens with one attached hydrogen (secondary N) is 1. The van der Waals surface area contributed by atoms with Gasteiger partial charge in [0, 0.05) is 6.07 Å². The number of carbonyl (C=O) groups excluding carboxylic acids is 1. The number of aliphatic hydroxyl groups is 2. The number of nitrogens with zero attached hydrogens (tertiary/aromatic N) is 4. The first-order valence-electron chi connectivity index (χ1n) is 9.17. The van der Waals surface area contributed by atoms with Gasteiger partial charge in [-0.15, -0.1) is 10.2 Å². The Morgan fingerprint density at radius 1 is 1.31 bits per heavy atom. The topological polar surface area (TPSA) is 175 Å². The van der Waals surface area contributed by atoms with E-state index in [0.29, 0.717) is 6.20 Å². The Morgan fingerprint density at radius 2 is 2.09 bits per heavy atom. The van der Waals surface area contributed by atoms with E-state index >= 15 is 0 Å². The SMILES string of the molecule is NC(=O)c1ccc(OC[C@@]23CO[C@@H](O2)[C@H](Nc2cncc(C(F)(F)F)n2)[C@@H](O)[C@H]3O)nn1. The van der Waals surface area contributed by atoms with Crippen molar-refractivity contribution in [1.82, 2.24) is 20.2 Å². The number of nitrogens with two attached hydrogens (primary N) is 1. The van der Waals surface area contributed by atoms with Crippen molar-refractivity contribution in [3.63, 3.8) is 0 Å². The van der Waals surface area contributed by atoms with Crippen LogP contribution in [0.5, 0.6) is 5.88 Å². The van der Waals surface area contributed by atoms with Gasteiger partial charge in [0.05, 0.1) is 19.0 Å². The van der Waals surface area contributed by atoms with Gasteiger partial charge in [0.25, 0.3) is 5.91 Å². The van der Waals surface area contributed by atoms with Crippen LogP contribution in [0.1, 0.15) is 16.2 Å². The summed E-state index contributed by atoms with van der Waals surface area (Å²) in [6.07, 6.45) is -7.31. The van der Waals surface area contributed by atoms with Gasteiger partial charge in [-0.1, -0.05) is 0 Å². The maximum absolute atomic E-state index is 12.9. The maximum atomic E-state index is 12.9. The van der Waals surface area contributed by atoms with Crippen molar-refractivity contribution < 1.29 is 42.4 Å². The largest absolute Gasteiger partial charge is 0.473 e. The van der Waals surface area contributed by atoms with Crippen LogP contribution < -0.4 is 15.8 Å². The zero-order chi connectivity index (χ0) is 23.1. The molecule has 0 spiro atoms. The molecule has 2 fully saturated rings. The molecule has 172 valence electrons. The van der Waals surface area contributed by atoms with E-state index in [1.165, 1.54) is 12.1 Å². The molecule has 0 aliphatic carbocycles. The lowest BCUT2D eigenvalue weighted by Gasteiger charge is -2.42. The Hall–Kier alpha value is -3.14. The molecule has 2 saturated heterocycles. The summed E-state index contributed by atoms with van der Waals surface area (Å²) in [5.41, 5.74) is 2.30. The average Bonchev–Trinajstić information content (AvgIpc) is 3.16. The Bertz CT molecular complexity index is 995. The van der Waals surface area contributed by atoms with Crippen LogP contribution in [-0.4, -0.2) is 79.6 Å². The Balaban J connectivity index is 1.45. The number of anilines is 1. The number of primary amides is 1. The van der Waals surface area contributed by atoms with Crippen molar-refractivity contribution in [2.75, 3.05) is 18.5 Å². The monoisotopic (exact) mass is 458 g/mol. The number of ether oxygens (including phenoxy) is 3. The molecule has 2 aliphatic rings. The molecule has 32 heavy (non-hydrogen) atoms. The number of aliphatic hydroxyl groups excluding tert-OH is 2. The highest BCUT2D eigenvalue weighted by molar-refractivity contribution is 5.90. The first kappa shape index (κ1) is 22.1. The lowest BCUT2D eigenvalue weighted by molar-refractivity contribution is -0.222. The third kappa shape index (κ3) is 4.14. The summed E-state index contributed by atoms with van der Waals surface area (Å²) in [4.78, 5) is 17.9. The molecule has 2 aliphatic heterocycles. The summed E-state index contributed by atoms with van der Waals surface area (Å²) >= 11 is 0. The molecule has 12 nitrogen and oxygen atoms in total. The third-order valence-corrected chi connectivity index (χ3v) is 4.96. The maximum Gasteiger partial charge on any atom is 0.434 e. The standard InChI is InChI=1S/C17H17F3N6O6/c18-17(19,20)8-3-22-4-9(23-8)24-11-12(27)13(28)16(6-31-15(11)32-16)5-30-10-2-1-7(14(21)29)25-26-10/h1-4,11-13,15,27-28H,5-6H2,(H2,21,29)(H,23,24)/t11-,12-,13-,15+,16+/m1/s1. The number of alkyl halides is 3. The van der Waals surface area contributed by atoms with E-state index in [2.05, 4.69) is 25.5 Å². The number of amides is 1. The lowest BCUT2D eigenvalue weighted by atomic mass is 9.88. The van der Waals surface area contributed by atoms with Crippen molar-refractivity contribution in [3.05, 3.63) is 35.9 Å². The highest BCUT2D eigenvalue weighted by atomic mass is 19.4. The van der Waals surface area contributed by atoms with Gasteiger partial charge < -0.3 is 35.5 Å². The smallest absolute Gasteiger partial charge is 0.434 e. The highest BCUT2D eigenvalue weighted by Crippen LogP contribution is 2.38. The third-order valence-electron chi connectivity index (χ3n) is 4.96. The molecule has 2 aromatic rings. The van der Waals surface area contributed by atoms with Gasteiger partial charge in [-0.2, -0.15) is 13.2 Å². The molecule has 0 aromatic carbocycles. The molecule has 0 saturated carbocycles. The Labute approximate surface area is 177 Å². The molecule has 4 heterocycles. The number of halogens is 3. The van der Waals surface area contributed by atoms with Gasteiger partial charge in [-0.3, -0.25) is 9.78 Å². The van der Waals surface area contributed by atoms with Crippen LogP contribution in [0.4, 0.5) is 19.0 Å². The normalized spacial score (nSPS) is 29.5. The van der Waals surface area contributed by atoms with Gasteiger partial charge >= 0.3 is 6.18 Å². The van der Waals surface area contributed by atoms with E-state index in [9.17, 15) is 28.2 Å². The molecule has 5 N–H and O–H groups in total. The van der Waals surface area contributed by atoms with Crippen LogP contribution in [0, 0.1) is 0 Å². The van der Waals surface area contributed by atoms with Crippen molar-refractivity contribution in [2.24, 2.45) is 5.73 Å². The van der Waals surface area contributed by atoms with E-state index in [1.807, 2.05) is 0 Å². The van der Waals surface area contributed by atoms with Crippen LogP contribution in [0.15, 0.2) is 24.5 Å². The molecule has 0 unspecified atom stereocenters. The summed E-state index contributed by atoms with van der Waals surface area (Å²) < 4.78 is 55.2. The van der Waals surface area contributed by atoms with E-state index < -0.39 is 47.9 Å². The predicted molar refractivity (Wildman–Crippen MR) is 96.1 cm³/mol. The molecule has 15 heteroatoms. The number of hydrogen-bond acceptors (Lipinski definition) is 11. The predicted octanol–water partition coefficient (Wildman–Crippen LogP) is -0.909. The molecule has 1 amide bonds. The summed E-state index contributed by atoms with van der Waals surface area (Å²) in [7, 11) is 0. The van der Waals surface area contributed by atoms with Gasteiger partial charge in [-0.25, -0.2) is 4.98 Å². The number of carbonyl (C=O) groups is 1. The quantitative estimate of drug-likeness (QED) is 0.422. The number of aromatic nitrogens is 4. The minimum absolute atomic E-state index is 0.00222. The van der Waals surface area contributed by atoms with E-state index in [-0.39, 0.29) is 30.6 Å². The molecular weight excluding hydrogens is 441 g/mol. The molecule has 4 rings (SSSR count). The Kier molecular flexibility index (Phi) is 5.58. The van der Waals surface area contributed by atoms with Crippen LogP contribution in [0.25, 0.3) is 0 Å².